The second-order valence-electron chi connectivity index (χ2n) is 3.35. The lowest BCUT2D eigenvalue weighted by Crippen LogP contribution is -2.31. The van der Waals surface area contributed by atoms with Gasteiger partial charge >= 0.3 is 0 Å². The quantitative estimate of drug-likeness (QED) is 0.658. The molecule has 0 N–H and O–H groups in total. The van der Waals surface area contributed by atoms with Gasteiger partial charge in [0, 0.05) is 12.1 Å². The Labute approximate surface area is 87.8 Å². The first kappa shape index (κ1) is 11.1. The molecule has 1 heterocycles. The van der Waals surface area contributed by atoms with Crippen LogP contribution >= 0.6 is 0 Å². The number of nitrogens with zero attached hydrogens (tertiary/aromatic N) is 4. The summed E-state index contributed by atoms with van der Waals surface area (Å²) < 4.78 is 0. The smallest absolute Gasteiger partial charge is 0.187 e. The predicted molar refractivity (Wildman–Crippen MR) is 54.6 cm³/mol. The minimum absolute atomic E-state index is 0.00834. The van der Waals surface area contributed by atoms with E-state index in [4.69, 9.17) is 10.5 Å². The van der Waals surface area contributed by atoms with Crippen molar-refractivity contribution in [3.8, 4) is 12.1 Å². The van der Waals surface area contributed by atoms with Crippen LogP contribution in [-0.4, -0.2) is 29.3 Å². The molecule has 0 fully saturated rings. The van der Waals surface area contributed by atoms with E-state index in [1.807, 2.05) is 12.1 Å². The largest absolute Gasteiger partial charge is 0.300 e. The fourth-order valence-electron chi connectivity index (χ4n) is 1.33. The van der Waals surface area contributed by atoms with Crippen molar-refractivity contribution in [2.75, 3.05) is 0 Å². The van der Waals surface area contributed by atoms with E-state index in [-0.39, 0.29) is 24.0 Å². The molecule has 0 saturated carbocycles. The van der Waals surface area contributed by atoms with Crippen molar-refractivity contribution in [3.05, 3.63) is 0 Å². The number of hydrogen-bond acceptors (Lipinski definition) is 5. The summed E-state index contributed by atoms with van der Waals surface area (Å²) in [5.74, 6) is -0.00834. The Balaban J connectivity index is 2.96. The molecular weight excluding hydrogens is 192 g/mol. The highest BCUT2D eigenvalue weighted by Crippen LogP contribution is 2.12. The van der Waals surface area contributed by atoms with E-state index in [9.17, 15) is 4.79 Å². The first-order valence-electron chi connectivity index (χ1n) is 4.49. The van der Waals surface area contributed by atoms with Crippen LogP contribution in [0.5, 0.6) is 0 Å². The Bertz CT molecular complexity index is 422. The Morgan fingerprint density at radius 2 is 2.13 bits per heavy atom. The van der Waals surface area contributed by atoms with Crippen LogP contribution in [0.3, 0.4) is 0 Å². The fourth-order valence-corrected chi connectivity index (χ4v) is 1.33. The molecular formula is C10H10N4O. The topological polar surface area (TPSA) is 89.4 Å². The summed E-state index contributed by atoms with van der Waals surface area (Å²) in [5, 5.41) is 17.5. The average Bonchev–Trinajstić information content (AvgIpc) is 2.19. The van der Waals surface area contributed by atoms with Gasteiger partial charge in [0.15, 0.2) is 11.8 Å². The van der Waals surface area contributed by atoms with Crippen molar-refractivity contribution in [1.82, 2.24) is 0 Å². The van der Waals surface area contributed by atoms with Gasteiger partial charge in [-0.15, -0.1) is 0 Å². The third kappa shape index (κ3) is 2.47. The molecule has 2 atom stereocenters. The molecule has 0 aromatic carbocycles. The van der Waals surface area contributed by atoms with Gasteiger partial charge in [0.25, 0.3) is 0 Å². The standard InChI is InChI=1S/C10H10N4O/c1-6(15)3-8-7(2)13-9(4-11)10(5-12)14-8/h8-9H,3H2,1-2H3. The first-order chi connectivity index (χ1) is 7.08. The zero-order valence-electron chi connectivity index (χ0n) is 8.56. The monoisotopic (exact) mass is 202 g/mol. The molecule has 0 bridgehead atoms. The van der Waals surface area contributed by atoms with E-state index >= 15 is 0 Å². The fraction of sp³-hybridized carbons (Fsp3) is 0.500. The van der Waals surface area contributed by atoms with E-state index < -0.39 is 6.04 Å². The van der Waals surface area contributed by atoms with Crippen LogP contribution in [-0.2, 0) is 4.79 Å². The molecule has 1 rings (SSSR count). The van der Waals surface area contributed by atoms with Gasteiger partial charge in [0.2, 0.25) is 0 Å². The summed E-state index contributed by atoms with van der Waals surface area (Å²) in [6.07, 6.45) is 0.235. The molecule has 0 spiro atoms. The molecule has 0 aliphatic carbocycles. The lowest BCUT2D eigenvalue weighted by atomic mass is 10.0. The third-order valence-corrected chi connectivity index (χ3v) is 2.09. The summed E-state index contributed by atoms with van der Waals surface area (Å²) in [6, 6.07) is 2.54. The van der Waals surface area contributed by atoms with Gasteiger partial charge in [-0.2, -0.15) is 10.5 Å². The van der Waals surface area contributed by atoms with Gasteiger partial charge in [0.05, 0.1) is 12.1 Å². The number of carbonyl (C=O) groups excluding carboxylic acids is 1. The first-order valence-corrected chi connectivity index (χ1v) is 4.49. The average molecular weight is 202 g/mol. The van der Waals surface area contributed by atoms with Crippen molar-refractivity contribution in [3.63, 3.8) is 0 Å². The summed E-state index contributed by atoms with van der Waals surface area (Å²) in [4.78, 5) is 19.0. The SMILES string of the molecule is CC(=O)CC1N=C(C#N)C(C#N)N=C1C. The zero-order chi connectivity index (χ0) is 11.4. The molecule has 1 aliphatic rings. The maximum absolute atomic E-state index is 10.9. The van der Waals surface area contributed by atoms with Gasteiger partial charge in [-0.3, -0.25) is 14.8 Å². The van der Waals surface area contributed by atoms with E-state index in [2.05, 4.69) is 9.98 Å². The second kappa shape index (κ2) is 4.47. The minimum Gasteiger partial charge on any atom is -0.300 e. The maximum Gasteiger partial charge on any atom is 0.187 e. The summed E-state index contributed by atoms with van der Waals surface area (Å²) in [6.45, 7) is 3.18. The molecule has 76 valence electrons. The number of nitriles is 2. The van der Waals surface area contributed by atoms with Crippen molar-refractivity contribution in [1.29, 1.82) is 10.5 Å². The predicted octanol–water partition coefficient (Wildman–Crippen LogP) is 0.665. The minimum atomic E-state index is -0.807. The van der Waals surface area contributed by atoms with Crippen LogP contribution in [0.4, 0.5) is 0 Å². The van der Waals surface area contributed by atoms with Gasteiger partial charge in [0.1, 0.15) is 11.9 Å². The molecule has 5 nitrogen and oxygen atoms in total. The van der Waals surface area contributed by atoms with Gasteiger partial charge in [-0.05, 0) is 13.8 Å². The Morgan fingerprint density at radius 1 is 1.47 bits per heavy atom. The summed E-state index contributed by atoms with van der Waals surface area (Å²) in [5.41, 5.74) is 0.727. The number of carbonyl (C=O) groups is 1. The molecule has 0 aromatic heterocycles. The number of Topliss-reactive ketones (excluding diaryl/α,β-unsaturated/α-hetero) is 1. The lowest BCUT2D eigenvalue weighted by Gasteiger charge is -2.18. The maximum atomic E-state index is 10.9. The Hall–Kier alpha value is -2.01. The van der Waals surface area contributed by atoms with Crippen LogP contribution < -0.4 is 0 Å². The molecule has 0 aromatic rings. The van der Waals surface area contributed by atoms with Gasteiger partial charge < -0.3 is 0 Å². The van der Waals surface area contributed by atoms with Crippen LogP contribution in [0.25, 0.3) is 0 Å². The van der Waals surface area contributed by atoms with Crippen molar-refractivity contribution >= 4 is 17.2 Å². The molecule has 15 heavy (non-hydrogen) atoms. The van der Waals surface area contributed by atoms with Crippen LogP contribution in [0.15, 0.2) is 9.98 Å². The third-order valence-electron chi connectivity index (χ3n) is 2.09. The number of aliphatic imine (C=N–C) groups is 2. The van der Waals surface area contributed by atoms with E-state index in [1.54, 1.807) is 6.92 Å². The Kier molecular flexibility index (Phi) is 3.30. The molecule has 0 saturated heterocycles. The second-order valence-corrected chi connectivity index (χ2v) is 3.35. The summed E-state index contributed by atoms with van der Waals surface area (Å²) >= 11 is 0. The molecule has 2 unspecified atom stereocenters. The van der Waals surface area contributed by atoms with Crippen LogP contribution in [0, 0.1) is 22.7 Å². The van der Waals surface area contributed by atoms with Crippen molar-refractivity contribution in [2.45, 2.75) is 32.4 Å². The lowest BCUT2D eigenvalue weighted by molar-refractivity contribution is -0.117. The van der Waals surface area contributed by atoms with Crippen LogP contribution in [0.1, 0.15) is 20.3 Å². The highest BCUT2D eigenvalue weighted by molar-refractivity contribution is 6.10. The van der Waals surface area contributed by atoms with E-state index in [1.165, 1.54) is 6.92 Å². The summed E-state index contributed by atoms with van der Waals surface area (Å²) in [7, 11) is 0. The Morgan fingerprint density at radius 3 is 2.60 bits per heavy atom. The highest BCUT2D eigenvalue weighted by atomic mass is 16.1. The zero-order valence-corrected chi connectivity index (χ0v) is 8.56. The van der Waals surface area contributed by atoms with E-state index in [0.717, 1.165) is 0 Å². The molecule has 1 aliphatic heterocycles. The van der Waals surface area contributed by atoms with Gasteiger partial charge in [-0.25, -0.2) is 0 Å². The van der Waals surface area contributed by atoms with E-state index in [0.29, 0.717) is 5.71 Å². The molecule has 5 heteroatoms. The number of ketones is 1. The number of rotatable bonds is 2. The van der Waals surface area contributed by atoms with Crippen LogP contribution in [0.2, 0.25) is 0 Å². The highest BCUT2D eigenvalue weighted by Gasteiger charge is 2.25. The normalized spacial score (nSPS) is 24.5. The van der Waals surface area contributed by atoms with Crippen molar-refractivity contribution < 1.29 is 4.79 Å². The molecule has 0 amide bonds. The van der Waals surface area contributed by atoms with Crippen molar-refractivity contribution in [2.24, 2.45) is 9.98 Å². The number of hydrogen-bond donors (Lipinski definition) is 0. The van der Waals surface area contributed by atoms with Gasteiger partial charge in [-0.1, -0.05) is 0 Å². The molecule has 0 radical (unpaired) electrons.